The number of hydrogen-bond donors (Lipinski definition) is 3. The summed E-state index contributed by atoms with van der Waals surface area (Å²) in [5.74, 6) is 0.291. The second kappa shape index (κ2) is 8.23. The number of amides is 2. The quantitative estimate of drug-likeness (QED) is 0.541. The van der Waals surface area contributed by atoms with Crippen molar-refractivity contribution < 1.29 is 9.59 Å². The van der Waals surface area contributed by atoms with Crippen LogP contribution in [0.15, 0.2) is 0 Å². The lowest BCUT2D eigenvalue weighted by Gasteiger charge is -2.08. The molecule has 0 aliphatic rings. The highest BCUT2D eigenvalue weighted by molar-refractivity contribution is 5.78. The summed E-state index contributed by atoms with van der Waals surface area (Å²) in [6.07, 6.45) is 1.60. The molecule has 5 heteroatoms. The Morgan fingerprint density at radius 1 is 1.27 bits per heavy atom. The van der Waals surface area contributed by atoms with E-state index in [0.29, 0.717) is 31.8 Å². The molecule has 0 fully saturated rings. The molecule has 1 unspecified atom stereocenters. The summed E-state index contributed by atoms with van der Waals surface area (Å²) >= 11 is 0. The fourth-order valence-corrected chi connectivity index (χ4v) is 1.02. The van der Waals surface area contributed by atoms with Crippen LogP contribution in [-0.2, 0) is 9.59 Å². The molecule has 0 saturated heterocycles. The van der Waals surface area contributed by atoms with Crippen LogP contribution in [0.5, 0.6) is 0 Å². The first-order valence-electron chi connectivity index (χ1n) is 5.27. The van der Waals surface area contributed by atoms with Crippen molar-refractivity contribution in [1.82, 2.24) is 10.6 Å². The number of hydrogen-bond acceptors (Lipinski definition) is 3. The third-order valence-corrected chi connectivity index (χ3v) is 2.22. The van der Waals surface area contributed by atoms with Crippen molar-refractivity contribution in [2.24, 2.45) is 11.7 Å². The zero-order chi connectivity index (χ0) is 11.7. The van der Waals surface area contributed by atoms with Crippen LogP contribution < -0.4 is 16.4 Å². The van der Waals surface area contributed by atoms with Crippen molar-refractivity contribution in [2.75, 3.05) is 20.1 Å². The maximum absolute atomic E-state index is 11.2. The molecule has 1 atom stereocenters. The zero-order valence-electron chi connectivity index (χ0n) is 9.51. The Bertz CT molecular complexity index is 207. The largest absolute Gasteiger partial charge is 0.359 e. The van der Waals surface area contributed by atoms with Gasteiger partial charge in [0.15, 0.2) is 0 Å². The maximum atomic E-state index is 11.2. The Morgan fingerprint density at radius 2 is 1.93 bits per heavy atom. The van der Waals surface area contributed by atoms with Gasteiger partial charge in [0.1, 0.15) is 0 Å². The van der Waals surface area contributed by atoms with E-state index in [4.69, 9.17) is 5.73 Å². The Balaban J connectivity index is 3.45. The predicted octanol–water partition coefficient (Wildman–Crippen LogP) is -0.386. The topological polar surface area (TPSA) is 84.2 Å². The molecule has 0 aliphatic carbocycles. The van der Waals surface area contributed by atoms with Crippen LogP contribution in [-0.4, -0.2) is 32.0 Å². The molecule has 0 radical (unpaired) electrons. The van der Waals surface area contributed by atoms with E-state index in [0.717, 1.165) is 6.42 Å². The van der Waals surface area contributed by atoms with Crippen molar-refractivity contribution in [3.63, 3.8) is 0 Å². The van der Waals surface area contributed by atoms with Gasteiger partial charge in [-0.05, 0) is 18.9 Å². The molecule has 0 aromatic heterocycles. The van der Waals surface area contributed by atoms with Crippen LogP contribution in [0.4, 0.5) is 0 Å². The number of rotatable bonds is 7. The number of nitrogens with two attached hydrogens (primary N) is 1. The number of carbonyl (C=O) groups is 2. The standard InChI is InChI=1S/C10H21N3O2/c1-8(7-11)3-4-10(15)13-6-5-9(14)12-2/h8H,3-7,11H2,1-2H3,(H,12,14)(H,13,15). The number of nitrogens with one attached hydrogen (secondary N) is 2. The van der Waals surface area contributed by atoms with Crippen LogP contribution in [0, 0.1) is 5.92 Å². The molecule has 0 heterocycles. The van der Waals surface area contributed by atoms with Gasteiger partial charge in [-0.1, -0.05) is 6.92 Å². The molecular formula is C10H21N3O2. The maximum Gasteiger partial charge on any atom is 0.221 e. The van der Waals surface area contributed by atoms with E-state index in [2.05, 4.69) is 10.6 Å². The van der Waals surface area contributed by atoms with Gasteiger partial charge < -0.3 is 16.4 Å². The van der Waals surface area contributed by atoms with Gasteiger partial charge in [0.05, 0.1) is 0 Å². The highest BCUT2D eigenvalue weighted by Gasteiger charge is 2.05. The Kier molecular flexibility index (Phi) is 7.62. The summed E-state index contributed by atoms with van der Waals surface area (Å²) in [6.45, 7) is 3.01. The van der Waals surface area contributed by atoms with Gasteiger partial charge in [-0.25, -0.2) is 0 Å². The average Bonchev–Trinajstić information content (AvgIpc) is 2.25. The molecule has 0 saturated carbocycles. The molecule has 4 N–H and O–H groups in total. The van der Waals surface area contributed by atoms with E-state index in [1.54, 1.807) is 7.05 Å². The minimum Gasteiger partial charge on any atom is -0.359 e. The fourth-order valence-electron chi connectivity index (χ4n) is 1.02. The summed E-state index contributed by atoms with van der Waals surface area (Å²) in [5, 5.41) is 5.18. The molecule has 88 valence electrons. The summed E-state index contributed by atoms with van der Waals surface area (Å²) in [6, 6.07) is 0. The van der Waals surface area contributed by atoms with E-state index in [1.165, 1.54) is 0 Å². The molecule has 5 nitrogen and oxygen atoms in total. The van der Waals surface area contributed by atoms with Crippen LogP contribution in [0.1, 0.15) is 26.2 Å². The Hall–Kier alpha value is -1.10. The van der Waals surface area contributed by atoms with Crippen LogP contribution in [0.25, 0.3) is 0 Å². The first-order valence-corrected chi connectivity index (χ1v) is 5.27. The van der Waals surface area contributed by atoms with Gasteiger partial charge in [0.2, 0.25) is 11.8 Å². The Labute approximate surface area is 90.8 Å². The lowest BCUT2D eigenvalue weighted by molar-refractivity contribution is -0.122. The highest BCUT2D eigenvalue weighted by Crippen LogP contribution is 2.02. The minimum absolute atomic E-state index is 0.0146. The molecule has 0 aliphatic heterocycles. The molecule has 2 amide bonds. The normalized spacial score (nSPS) is 11.9. The summed E-state index contributed by atoms with van der Waals surface area (Å²) in [7, 11) is 1.58. The minimum atomic E-state index is -0.0642. The van der Waals surface area contributed by atoms with Crippen molar-refractivity contribution in [1.29, 1.82) is 0 Å². The molecule has 0 spiro atoms. The van der Waals surface area contributed by atoms with Gasteiger partial charge in [-0.15, -0.1) is 0 Å². The lowest BCUT2D eigenvalue weighted by Crippen LogP contribution is -2.29. The molecule has 15 heavy (non-hydrogen) atoms. The molecule has 0 bridgehead atoms. The van der Waals surface area contributed by atoms with E-state index >= 15 is 0 Å². The van der Waals surface area contributed by atoms with Crippen molar-refractivity contribution in [3.05, 3.63) is 0 Å². The first-order chi connectivity index (χ1) is 7.10. The van der Waals surface area contributed by atoms with Crippen LogP contribution in [0.3, 0.4) is 0 Å². The van der Waals surface area contributed by atoms with Gasteiger partial charge in [0.25, 0.3) is 0 Å². The number of carbonyl (C=O) groups excluding carboxylic acids is 2. The van der Waals surface area contributed by atoms with E-state index < -0.39 is 0 Å². The van der Waals surface area contributed by atoms with Crippen molar-refractivity contribution in [2.45, 2.75) is 26.2 Å². The smallest absolute Gasteiger partial charge is 0.221 e. The summed E-state index contributed by atoms with van der Waals surface area (Å²) in [5.41, 5.74) is 5.43. The molecule has 0 aromatic rings. The first kappa shape index (κ1) is 13.9. The third-order valence-electron chi connectivity index (χ3n) is 2.22. The van der Waals surface area contributed by atoms with Crippen LogP contribution in [0.2, 0.25) is 0 Å². The van der Waals surface area contributed by atoms with Crippen LogP contribution >= 0.6 is 0 Å². The zero-order valence-corrected chi connectivity index (χ0v) is 9.51. The Morgan fingerprint density at radius 3 is 2.47 bits per heavy atom. The van der Waals surface area contributed by atoms with Gasteiger partial charge in [-0.3, -0.25) is 9.59 Å². The summed E-state index contributed by atoms with van der Waals surface area (Å²) in [4.78, 5) is 22.1. The average molecular weight is 215 g/mol. The predicted molar refractivity (Wildman–Crippen MR) is 59.1 cm³/mol. The van der Waals surface area contributed by atoms with Gasteiger partial charge in [0, 0.05) is 26.4 Å². The third kappa shape index (κ3) is 7.93. The fraction of sp³-hybridized carbons (Fsp3) is 0.800. The SMILES string of the molecule is CNC(=O)CCNC(=O)CCC(C)CN. The van der Waals surface area contributed by atoms with Crippen molar-refractivity contribution >= 4 is 11.8 Å². The molecular weight excluding hydrogens is 194 g/mol. The van der Waals surface area contributed by atoms with E-state index in [9.17, 15) is 9.59 Å². The monoisotopic (exact) mass is 215 g/mol. The second-order valence-electron chi connectivity index (χ2n) is 3.65. The lowest BCUT2D eigenvalue weighted by atomic mass is 10.1. The van der Waals surface area contributed by atoms with E-state index in [1.807, 2.05) is 6.92 Å². The van der Waals surface area contributed by atoms with E-state index in [-0.39, 0.29) is 11.8 Å². The molecule has 0 aromatic carbocycles. The summed E-state index contributed by atoms with van der Waals surface area (Å²) < 4.78 is 0. The highest BCUT2D eigenvalue weighted by atomic mass is 16.2. The van der Waals surface area contributed by atoms with Crippen molar-refractivity contribution in [3.8, 4) is 0 Å². The van der Waals surface area contributed by atoms with Gasteiger partial charge >= 0.3 is 0 Å². The van der Waals surface area contributed by atoms with Gasteiger partial charge in [-0.2, -0.15) is 0 Å². The molecule has 0 rings (SSSR count). The second-order valence-corrected chi connectivity index (χ2v) is 3.65.